The largest absolute Gasteiger partial charge is 0.485 e. The monoisotopic (exact) mass is 328 g/mol. The average Bonchev–Trinajstić information content (AvgIpc) is 2.42. The summed E-state index contributed by atoms with van der Waals surface area (Å²) in [6.45, 7) is 1.80. The number of ether oxygens (including phenoxy) is 1. The van der Waals surface area contributed by atoms with Gasteiger partial charge >= 0.3 is 0 Å². The van der Waals surface area contributed by atoms with E-state index in [1.54, 1.807) is 24.3 Å². The summed E-state index contributed by atoms with van der Waals surface area (Å²) < 4.78 is 5.49. The molecule has 2 rings (SSSR count). The molecule has 0 atom stereocenters. The Morgan fingerprint density at radius 1 is 1.05 bits per heavy atom. The Labute approximate surface area is 132 Å². The van der Waals surface area contributed by atoms with Gasteiger partial charge in [0.15, 0.2) is 12.4 Å². The highest BCUT2D eigenvalue weighted by Crippen LogP contribution is 2.24. The van der Waals surface area contributed by atoms with Crippen molar-refractivity contribution < 1.29 is 9.53 Å². The van der Waals surface area contributed by atoms with Crippen LogP contribution in [0, 0.1) is 6.92 Å². The van der Waals surface area contributed by atoms with Gasteiger partial charge in [0.25, 0.3) is 0 Å². The smallest absolute Gasteiger partial charge is 0.200 e. The summed E-state index contributed by atoms with van der Waals surface area (Å²) in [7, 11) is 0. The van der Waals surface area contributed by atoms with Gasteiger partial charge < -0.3 is 4.74 Å². The van der Waals surface area contributed by atoms with Gasteiger partial charge in [0.05, 0.1) is 10.0 Å². The highest BCUT2D eigenvalue weighted by Gasteiger charge is 2.10. The quantitative estimate of drug-likeness (QED) is 0.719. The van der Waals surface area contributed by atoms with Crippen molar-refractivity contribution >= 4 is 40.6 Å². The Morgan fingerprint density at radius 3 is 2.50 bits per heavy atom. The summed E-state index contributed by atoms with van der Waals surface area (Å²) in [5.41, 5.74) is 1.37. The van der Waals surface area contributed by atoms with Gasteiger partial charge in [-0.1, -0.05) is 40.9 Å². The molecule has 0 aliphatic heterocycles. The summed E-state index contributed by atoms with van der Waals surface area (Å²) in [5.74, 6) is 0.411. The number of hydrogen-bond donors (Lipinski definition) is 0. The lowest BCUT2D eigenvalue weighted by Crippen LogP contribution is -2.12. The Balaban J connectivity index is 2.08. The van der Waals surface area contributed by atoms with Gasteiger partial charge in [-0.25, -0.2) is 0 Å². The Bertz CT molecular complexity index is 654. The SMILES string of the molecule is Cc1ccc(Cl)cc1OCC(=O)c1ccc(Cl)c(Cl)c1. The standard InChI is InChI=1S/C15H11Cl3O2/c1-9-2-4-11(16)7-15(9)20-8-14(19)10-3-5-12(17)13(18)6-10/h2-7H,8H2,1H3. The van der Waals surface area contributed by atoms with E-state index in [0.717, 1.165) is 5.56 Å². The predicted octanol–water partition coefficient (Wildman–Crippen LogP) is 5.22. The lowest BCUT2D eigenvalue weighted by Gasteiger charge is -2.09. The number of Topliss-reactive ketones (excluding diaryl/α,β-unsaturated/α-hetero) is 1. The van der Waals surface area contributed by atoms with Gasteiger partial charge in [-0.15, -0.1) is 0 Å². The molecule has 0 amide bonds. The van der Waals surface area contributed by atoms with Crippen LogP contribution in [0.25, 0.3) is 0 Å². The average molecular weight is 330 g/mol. The third kappa shape index (κ3) is 3.66. The number of aryl methyl sites for hydroxylation is 1. The third-order valence-electron chi connectivity index (χ3n) is 2.75. The number of halogens is 3. The van der Waals surface area contributed by atoms with Crippen LogP contribution in [0.5, 0.6) is 5.75 Å². The summed E-state index contributed by atoms with van der Waals surface area (Å²) in [5, 5.41) is 1.32. The number of hydrogen-bond acceptors (Lipinski definition) is 2. The van der Waals surface area contributed by atoms with Crippen molar-refractivity contribution in [3.05, 3.63) is 62.6 Å². The molecule has 0 aliphatic carbocycles. The maximum Gasteiger partial charge on any atom is 0.200 e. The minimum atomic E-state index is -0.178. The van der Waals surface area contributed by atoms with Crippen LogP contribution >= 0.6 is 34.8 Å². The van der Waals surface area contributed by atoms with Crippen molar-refractivity contribution in [3.8, 4) is 5.75 Å². The predicted molar refractivity (Wildman–Crippen MR) is 82.5 cm³/mol. The first-order valence-corrected chi connectivity index (χ1v) is 6.98. The maximum absolute atomic E-state index is 12.0. The molecular formula is C15H11Cl3O2. The van der Waals surface area contributed by atoms with E-state index in [2.05, 4.69) is 0 Å². The first-order valence-electron chi connectivity index (χ1n) is 5.84. The van der Waals surface area contributed by atoms with Crippen LogP contribution < -0.4 is 4.74 Å². The van der Waals surface area contributed by atoms with E-state index < -0.39 is 0 Å². The summed E-state index contributed by atoms with van der Waals surface area (Å²) in [6, 6.07) is 10.0. The highest BCUT2D eigenvalue weighted by atomic mass is 35.5. The van der Waals surface area contributed by atoms with Crippen molar-refractivity contribution in [2.45, 2.75) is 6.92 Å². The van der Waals surface area contributed by atoms with E-state index in [-0.39, 0.29) is 12.4 Å². The molecule has 20 heavy (non-hydrogen) atoms. The zero-order valence-electron chi connectivity index (χ0n) is 10.6. The van der Waals surface area contributed by atoms with Gasteiger partial charge in [0.2, 0.25) is 0 Å². The van der Waals surface area contributed by atoms with Crippen molar-refractivity contribution in [3.63, 3.8) is 0 Å². The minimum Gasteiger partial charge on any atom is -0.485 e. The maximum atomic E-state index is 12.0. The molecule has 2 nitrogen and oxygen atoms in total. The molecule has 2 aromatic rings. The topological polar surface area (TPSA) is 26.3 Å². The van der Waals surface area contributed by atoms with E-state index in [0.29, 0.717) is 26.4 Å². The van der Waals surface area contributed by atoms with Crippen LogP contribution in [0.1, 0.15) is 15.9 Å². The first kappa shape index (κ1) is 15.2. The van der Waals surface area contributed by atoms with Gasteiger partial charge in [0.1, 0.15) is 5.75 Å². The van der Waals surface area contributed by atoms with E-state index in [4.69, 9.17) is 39.5 Å². The molecule has 104 valence electrons. The van der Waals surface area contributed by atoms with Crippen molar-refractivity contribution in [1.82, 2.24) is 0 Å². The number of carbonyl (C=O) groups is 1. The number of benzene rings is 2. The van der Waals surface area contributed by atoms with Crippen LogP contribution in [-0.2, 0) is 0 Å². The number of rotatable bonds is 4. The fraction of sp³-hybridized carbons (Fsp3) is 0.133. The molecule has 0 saturated carbocycles. The second kappa shape index (κ2) is 6.49. The van der Waals surface area contributed by atoms with Crippen LogP contribution in [0.2, 0.25) is 15.1 Å². The molecule has 0 aromatic heterocycles. The first-order chi connectivity index (χ1) is 9.47. The van der Waals surface area contributed by atoms with Gasteiger partial charge in [0, 0.05) is 10.6 Å². The molecule has 0 unspecified atom stereocenters. The van der Waals surface area contributed by atoms with Crippen LogP contribution in [0.3, 0.4) is 0 Å². The second-order valence-electron chi connectivity index (χ2n) is 4.25. The molecule has 0 fully saturated rings. The zero-order valence-corrected chi connectivity index (χ0v) is 12.9. The van der Waals surface area contributed by atoms with E-state index in [9.17, 15) is 4.79 Å². The van der Waals surface area contributed by atoms with E-state index >= 15 is 0 Å². The van der Waals surface area contributed by atoms with Crippen LogP contribution in [0.4, 0.5) is 0 Å². The molecular weight excluding hydrogens is 319 g/mol. The Morgan fingerprint density at radius 2 is 1.80 bits per heavy atom. The highest BCUT2D eigenvalue weighted by molar-refractivity contribution is 6.42. The van der Waals surface area contributed by atoms with Crippen LogP contribution in [-0.4, -0.2) is 12.4 Å². The van der Waals surface area contributed by atoms with E-state index in [1.165, 1.54) is 6.07 Å². The fourth-order valence-electron chi connectivity index (χ4n) is 1.63. The Kier molecular flexibility index (Phi) is 4.92. The fourth-order valence-corrected chi connectivity index (χ4v) is 2.09. The van der Waals surface area contributed by atoms with Crippen LogP contribution in [0.15, 0.2) is 36.4 Å². The molecule has 0 radical (unpaired) electrons. The van der Waals surface area contributed by atoms with Crippen molar-refractivity contribution in [2.75, 3.05) is 6.61 Å². The lowest BCUT2D eigenvalue weighted by atomic mass is 10.1. The normalized spacial score (nSPS) is 10.4. The van der Waals surface area contributed by atoms with Gasteiger partial charge in [-0.3, -0.25) is 4.79 Å². The minimum absolute atomic E-state index is 0.0842. The molecule has 5 heteroatoms. The number of carbonyl (C=O) groups excluding carboxylic acids is 1. The summed E-state index contributed by atoms with van der Waals surface area (Å²) in [6.07, 6.45) is 0. The number of ketones is 1. The molecule has 2 aromatic carbocycles. The molecule has 0 N–H and O–H groups in total. The second-order valence-corrected chi connectivity index (χ2v) is 5.50. The van der Waals surface area contributed by atoms with E-state index in [1.807, 2.05) is 13.0 Å². The van der Waals surface area contributed by atoms with Gasteiger partial charge in [-0.05, 0) is 42.8 Å². The van der Waals surface area contributed by atoms with Gasteiger partial charge in [-0.2, -0.15) is 0 Å². The lowest BCUT2D eigenvalue weighted by molar-refractivity contribution is 0.0921. The summed E-state index contributed by atoms with van der Waals surface area (Å²) in [4.78, 5) is 12.0. The molecule has 0 heterocycles. The third-order valence-corrected chi connectivity index (χ3v) is 3.72. The zero-order chi connectivity index (χ0) is 14.7. The molecule has 0 spiro atoms. The van der Waals surface area contributed by atoms with Crippen molar-refractivity contribution in [2.24, 2.45) is 0 Å². The van der Waals surface area contributed by atoms with Crippen molar-refractivity contribution in [1.29, 1.82) is 0 Å². The molecule has 0 bridgehead atoms. The Hall–Kier alpha value is -1.22. The summed E-state index contributed by atoms with van der Waals surface area (Å²) >= 11 is 17.6. The molecule has 0 aliphatic rings. The molecule has 0 saturated heterocycles.